The highest BCUT2D eigenvalue weighted by molar-refractivity contribution is 6.06. The van der Waals surface area contributed by atoms with Gasteiger partial charge in [0.05, 0.1) is 24.0 Å². The summed E-state index contributed by atoms with van der Waals surface area (Å²) < 4.78 is 7.10. The zero-order chi connectivity index (χ0) is 19.8. The number of fused-ring (bicyclic) bond motifs is 2. The normalized spacial score (nSPS) is 20.9. The van der Waals surface area contributed by atoms with Gasteiger partial charge in [-0.15, -0.1) is 5.10 Å². The Morgan fingerprint density at radius 2 is 2.07 bits per heavy atom. The van der Waals surface area contributed by atoms with Gasteiger partial charge in [-0.2, -0.15) is 4.98 Å². The van der Waals surface area contributed by atoms with Crippen LogP contribution in [0.5, 0.6) is 0 Å². The van der Waals surface area contributed by atoms with E-state index in [1.165, 1.54) is 0 Å². The van der Waals surface area contributed by atoms with E-state index in [-0.39, 0.29) is 5.91 Å². The molecule has 1 amide bonds. The van der Waals surface area contributed by atoms with Gasteiger partial charge in [-0.25, -0.2) is 9.50 Å². The molecule has 0 radical (unpaired) electrons. The van der Waals surface area contributed by atoms with Crippen LogP contribution < -0.4 is 15.5 Å². The molecule has 0 bridgehead atoms. The molecule has 148 valence electrons. The maximum absolute atomic E-state index is 12.2. The van der Waals surface area contributed by atoms with Gasteiger partial charge in [-0.3, -0.25) is 4.79 Å². The lowest BCUT2D eigenvalue weighted by Crippen LogP contribution is -2.66. The molecule has 3 aromatic rings. The summed E-state index contributed by atoms with van der Waals surface area (Å²) in [4.78, 5) is 23.6. The van der Waals surface area contributed by atoms with Gasteiger partial charge in [0.2, 0.25) is 11.9 Å². The molecule has 6 rings (SSSR count). The van der Waals surface area contributed by atoms with Crippen molar-refractivity contribution in [1.82, 2.24) is 19.6 Å². The first kappa shape index (κ1) is 16.7. The van der Waals surface area contributed by atoms with Crippen molar-refractivity contribution < 1.29 is 9.53 Å². The van der Waals surface area contributed by atoms with Gasteiger partial charge in [-0.1, -0.05) is 6.07 Å². The Kier molecular flexibility index (Phi) is 3.14. The summed E-state index contributed by atoms with van der Waals surface area (Å²) in [5.74, 6) is 1.34. The van der Waals surface area contributed by atoms with Gasteiger partial charge >= 0.3 is 0 Å². The number of rotatable bonds is 3. The van der Waals surface area contributed by atoms with Crippen LogP contribution in [0.4, 0.5) is 23.1 Å². The van der Waals surface area contributed by atoms with E-state index in [4.69, 9.17) is 4.74 Å². The van der Waals surface area contributed by atoms with Gasteiger partial charge in [0.15, 0.2) is 11.5 Å². The van der Waals surface area contributed by atoms with Crippen molar-refractivity contribution in [2.75, 3.05) is 41.8 Å². The second kappa shape index (κ2) is 5.44. The zero-order valence-corrected chi connectivity index (χ0v) is 16.3. The van der Waals surface area contributed by atoms with Crippen molar-refractivity contribution in [3.05, 3.63) is 36.2 Å². The average molecular weight is 391 g/mol. The number of amides is 1. The summed E-state index contributed by atoms with van der Waals surface area (Å²) in [6.45, 7) is 7.39. The Morgan fingerprint density at radius 3 is 2.83 bits per heavy atom. The molecule has 9 heteroatoms. The number of nitrogens with one attached hydrogen (secondary N) is 2. The number of ether oxygens (including phenoxy) is 1. The predicted molar refractivity (Wildman–Crippen MR) is 108 cm³/mol. The molecule has 3 aliphatic rings. The molecule has 2 saturated heterocycles. The predicted octanol–water partition coefficient (Wildman–Crippen LogP) is 1.93. The molecule has 0 atom stereocenters. The summed E-state index contributed by atoms with van der Waals surface area (Å²) in [5.41, 5.74) is 3.15. The largest absolute Gasteiger partial charge is 0.380 e. The van der Waals surface area contributed by atoms with Crippen molar-refractivity contribution in [3.8, 4) is 0 Å². The van der Waals surface area contributed by atoms with Crippen LogP contribution in [-0.2, 0) is 14.9 Å². The highest BCUT2D eigenvalue weighted by Gasteiger charge is 2.50. The van der Waals surface area contributed by atoms with Crippen LogP contribution in [0, 0.1) is 5.41 Å². The Morgan fingerprint density at radius 1 is 1.24 bits per heavy atom. The SMILES string of the molecule is CC1(C)C(=O)Nc2cc(Nc3nc4c(N5CC6(COC6)C5)nccn4n3)ccc21. The third kappa shape index (κ3) is 2.37. The number of anilines is 4. The lowest BCUT2D eigenvalue weighted by Gasteiger charge is -2.55. The minimum absolute atomic E-state index is 0.00963. The van der Waals surface area contributed by atoms with Gasteiger partial charge in [0.1, 0.15) is 0 Å². The standard InChI is InChI=1S/C20H21N7O2/c1-19(2)13-4-3-12(7-14(13)23-17(19)28)22-18-24-16-15(21-5-6-27(16)25-18)26-8-20(9-26)10-29-11-20/h3-7H,8-11H2,1-2H3,(H,22,25)(H,23,28). The average Bonchev–Trinajstić information content (AvgIpc) is 3.11. The van der Waals surface area contributed by atoms with Crippen molar-refractivity contribution in [2.24, 2.45) is 5.41 Å². The van der Waals surface area contributed by atoms with E-state index in [0.717, 1.165) is 54.7 Å². The zero-order valence-electron chi connectivity index (χ0n) is 16.3. The number of carbonyl (C=O) groups is 1. The van der Waals surface area contributed by atoms with Crippen molar-refractivity contribution in [1.29, 1.82) is 0 Å². The second-order valence-electron chi connectivity index (χ2n) is 8.77. The fourth-order valence-electron chi connectivity index (χ4n) is 4.37. The highest BCUT2D eigenvalue weighted by Crippen LogP contribution is 2.41. The molecule has 3 aliphatic heterocycles. The summed E-state index contributed by atoms with van der Waals surface area (Å²) in [5, 5.41) is 10.7. The minimum Gasteiger partial charge on any atom is -0.380 e. The molecule has 5 heterocycles. The Labute approximate surface area is 167 Å². The van der Waals surface area contributed by atoms with Gasteiger partial charge in [-0.05, 0) is 31.5 Å². The van der Waals surface area contributed by atoms with E-state index in [0.29, 0.717) is 11.4 Å². The van der Waals surface area contributed by atoms with Crippen LogP contribution in [0.15, 0.2) is 30.6 Å². The summed E-state index contributed by atoms with van der Waals surface area (Å²) >= 11 is 0. The van der Waals surface area contributed by atoms with E-state index >= 15 is 0 Å². The molecule has 0 saturated carbocycles. The summed E-state index contributed by atoms with van der Waals surface area (Å²) in [6, 6.07) is 5.84. The van der Waals surface area contributed by atoms with Crippen LogP contribution in [0.25, 0.3) is 5.65 Å². The number of nitrogens with zero attached hydrogens (tertiary/aromatic N) is 5. The van der Waals surface area contributed by atoms with E-state index in [9.17, 15) is 4.79 Å². The molecule has 1 aromatic carbocycles. The molecular weight excluding hydrogens is 370 g/mol. The molecule has 1 spiro atoms. The minimum atomic E-state index is -0.518. The van der Waals surface area contributed by atoms with Gasteiger partial charge < -0.3 is 20.3 Å². The fourth-order valence-corrected chi connectivity index (χ4v) is 4.37. The quantitative estimate of drug-likeness (QED) is 0.704. The Bertz CT molecular complexity index is 1160. The maximum Gasteiger partial charge on any atom is 0.247 e. The number of benzene rings is 1. The molecule has 2 aromatic heterocycles. The Balaban J connectivity index is 1.28. The van der Waals surface area contributed by atoms with E-state index < -0.39 is 5.41 Å². The summed E-state index contributed by atoms with van der Waals surface area (Å²) in [6.07, 6.45) is 3.54. The highest BCUT2D eigenvalue weighted by atomic mass is 16.5. The van der Waals surface area contributed by atoms with Crippen LogP contribution >= 0.6 is 0 Å². The van der Waals surface area contributed by atoms with Crippen LogP contribution in [0.2, 0.25) is 0 Å². The number of carbonyl (C=O) groups excluding carboxylic acids is 1. The Hall–Kier alpha value is -3.20. The number of hydrogen-bond donors (Lipinski definition) is 2. The lowest BCUT2D eigenvalue weighted by atomic mass is 9.78. The molecule has 0 aliphatic carbocycles. The van der Waals surface area contributed by atoms with Crippen LogP contribution in [0.3, 0.4) is 0 Å². The molecule has 2 N–H and O–H groups in total. The van der Waals surface area contributed by atoms with Gasteiger partial charge in [0, 0.05) is 36.9 Å². The fraction of sp³-hybridized carbons (Fsp3) is 0.400. The number of hydrogen-bond acceptors (Lipinski definition) is 7. The third-order valence-corrected chi connectivity index (χ3v) is 6.17. The molecular formula is C20H21N7O2. The van der Waals surface area contributed by atoms with E-state index in [2.05, 4.69) is 30.6 Å². The van der Waals surface area contributed by atoms with Gasteiger partial charge in [0.25, 0.3) is 0 Å². The smallest absolute Gasteiger partial charge is 0.247 e. The topological polar surface area (TPSA) is 96.7 Å². The summed E-state index contributed by atoms with van der Waals surface area (Å²) in [7, 11) is 0. The molecule has 9 nitrogen and oxygen atoms in total. The molecule has 2 fully saturated rings. The van der Waals surface area contributed by atoms with E-state index in [1.54, 1.807) is 16.9 Å². The number of aromatic nitrogens is 4. The van der Waals surface area contributed by atoms with Crippen LogP contribution in [0.1, 0.15) is 19.4 Å². The van der Waals surface area contributed by atoms with Crippen molar-refractivity contribution in [2.45, 2.75) is 19.3 Å². The molecule has 29 heavy (non-hydrogen) atoms. The third-order valence-electron chi connectivity index (χ3n) is 6.17. The van der Waals surface area contributed by atoms with Crippen LogP contribution in [-0.4, -0.2) is 51.8 Å². The molecule has 0 unspecified atom stereocenters. The second-order valence-corrected chi connectivity index (χ2v) is 8.77. The maximum atomic E-state index is 12.2. The lowest BCUT2D eigenvalue weighted by molar-refractivity contribution is -0.127. The first-order chi connectivity index (χ1) is 13.9. The van der Waals surface area contributed by atoms with Crippen molar-refractivity contribution in [3.63, 3.8) is 0 Å². The monoisotopic (exact) mass is 391 g/mol. The van der Waals surface area contributed by atoms with Crippen molar-refractivity contribution >= 4 is 34.7 Å². The first-order valence-corrected chi connectivity index (χ1v) is 9.71. The van der Waals surface area contributed by atoms with E-state index in [1.807, 2.05) is 32.0 Å². The first-order valence-electron chi connectivity index (χ1n) is 9.71.